The molecule has 1 unspecified atom stereocenters. The summed E-state index contributed by atoms with van der Waals surface area (Å²) in [4.78, 5) is 24.1. The number of amides is 2. The summed E-state index contributed by atoms with van der Waals surface area (Å²) in [5, 5.41) is 8.15. The van der Waals surface area contributed by atoms with Crippen LogP contribution in [0.3, 0.4) is 0 Å². The average molecular weight is 238 g/mol. The van der Waals surface area contributed by atoms with E-state index in [4.69, 9.17) is 10.8 Å². The van der Waals surface area contributed by atoms with Gasteiger partial charge in [-0.2, -0.15) is 0 Å². The number of carboxylic acid groups (broad SMARTS) is 1. The zero-order valence-electron chi connectivity index (χ0n) is 8.29. The molecule has 0 aliphatic carbocycles. The van der Waals surface area contributed by atoms with Gasteiger partial charge in [-0.1, -0.05) is 30.0 Å². The van der Waals surface area contributed by atoms with Gasteiger partial charge in [-0.05, 0) is 11.6 Å². The van der Waals surface area contributed by atoms with Crippen LogP contribution in [-0.2, 0) is 11.3 Å². The first kappa shape index (κ1) is 10.8. The summed E-state index contributed by atoms with van der Waals surface area (Å²) in [5.74, 6) is -0.637. The highest BCUT2D eigenvalue weighted by molar-refractivity contribution is 8.00. The Morgan fingerprint density at radius 2 is 2.12 bits per heavy atom. The van der Waals surface area contributed by atoms with Gasteiger partial charge in [0, 0.05) is 4.90 Å². The normalized spacial score (nSPS) is 19.0. The van der Waals surface area contributed by atoms with Crippen LogP contribution in [0.15, 0.2) is 29.2 Å². The molecule has 0 bridgehead atoms. The van der Waals surface area contributed by atoms with Gasteiger partial charge in [0.1, 0.15) is 0 Å². The van der Waals surface area contributed by atoms with Crippen molar-refractivity contribution < 1.29 is 14.7 Å². The number of carbonyl (C=O) groups excluding carboxylic acids is 1. The molecule has 1 atom stereocenters. The predicted octanol–water partition coefficient (Wildman–Crippen LogP) is 1.08. The Bertz CT molecular complexity index is 408. The first-order chi connectivity index (χ1) is 7.59. The smallest absolute Gasteiger partial charge is 0.408 e. The molecule has 1 aromatic carbocycles. The highest BCUT2D eigenvalue weighted by Crippen LogP contribution is 2.35. The number of hydrogen-bond acceptors (Lipinski definition) is 3. The molecule has 1 heterocycles. The average Bonchev–Trinajstić information content (AvgIpc) is 2.27. The molecule has 2 amide bonds. The van der Waals surface area contributed by atoms with Crippen molar-refractivity contribution in [3.8, 4) is 0 Å². The highest BCUT2D eigenvalue weighted by Gasteiger charge is 2.33. The van der Waals surface area contributed by atoms with Gasteiger partial charge in [-0.25, -0.2) is 4.79 Å². The van der Waals surface area contributed by atoms with E-state index in [1.165, 1.54) is 11.8 Å². The molecule has 5 nitrogen and oxygen atoms in total. The molecule has 0 radical (unpaired) electrons. The van der Waals surface area contributed by atoms with E-state index >= 15 is 0 Å². The predicted molar refractivity (Wildman–Crippen MR) is 58.8 cm³/mol. The Balaban J connectivity index is 2.37. The Morgan fingerprint density at radius 3 is 2.75 bits per heavy atom. The van der Waals surface area contributed by atoms with E-state index < -0.39 is 17.4 Å². The topological polar surface area (TPSA) is 83.6 Å². The van der Waals surface area contributed by atoms with Gasteiger partial charge in [-0.3, -0.25) is 9.69 Å². The Labute approximate surface area is 96.2 Å². The number of hydrogen-bond donors (Lipinski definition) is 2. The molecule has 0 fully saturated rings. The summed E-state index contributed by atoms with van der Waals surface area (Å²) >= 11 is 1.17. The minimum atomic E-state index is -1.13. The highest BCUT2D eigenvalue weighted by atomic mass is 32.2. The molecular formula is C10H10N2O3S. The second-order valence-electron chi connectivity index (χ2n) is 3.39. The summed E-state index contributed by atoms with van der Waals surface area (Å²) in [7, 11) is 0. The zero-order chi connectivity index (χ0) is 11.7. The maximum absolute atomic E-state index is 11.2. The maximum Gasteiger partial charge on any atom is 0.408 e. The number of nitrogens with two attached hydrogens (primary N) is 1. The number of primary amides is 1. The molecule has 16 heavy (non-hydrogen) atoms. The minimum absolute atomic E-state index is 0.201. The Kier molecular flexibility index (Phi) is 2.74. The molecule has 1 aromatic rings. The fraction of sp³-hybridized carbons (Fsp3) is 0.200. The van der Waals surface area contributed by atoms with Gasteiger partial charge in [0.25, 0.3) is 5.91 Å². The number of rotatable bonds is 1. The second kappa shape index (κ2) is 4.05. The van der Waals surface area contributed by atoms with E-state index in [1.807, 2.05) is 24.3 Å². The first-order valence-corrected chi connectivity index (χ1v) is 5.51. The quantitative estimate of drug-likeness (QED) is 0.767. The number of benzene rings is 1. The van der Waals surface area contributed by atoms with E-state index in [0.29, 0.717) is 0 Å². The Morgan fingerprint density at radius 1 is 1.44 bits per heavy atom. The van der Waals surface area contributed by atoms with Crippen LogP contribution in [0.25, 0.3) is 0 Å². The standard InChI is InChI=1S/C10H10N2O3S/c11-8(13)9-12(10(14)15)5-6-3-1-2-4-7(6)16-9/h1-4,9H,5H2,(H2,11,13)(H,14,15). The summed E-state index contributed by atoms with van der Waals surface area (Å²) in [6.07, 6.45) is -1.13. The number of thioether (sulfide) groups is 1. The maximum atomic E-state index is 11.2. The summed E-state index contributed by atoms with van der Waals surface area (Å²) < 4.78 is 0. The van der Waals surface area contributed by atoms with Gasteiger partial charge in [-0.15, -0.1) is 0 Å². The van der Waals surface area contributed by atoms with Crippen LogP contribution in [-0.4, -0.2) is 27.4 Å². The van der Waals surface area contributed by atoms with Crippen molar-refractivity contribution in [3.63, 3.8) is 0 Å². The van der Waals surface area contributed by atoms with Crippen LogP contribution in [0, 0.1) is 0 Å². The summed E-state index contributed by atoms with van der Waals surface area (Å²) in [6, 6.07) is 7.38. The van der Waals surface area contributed by atoms with Crippen LogP contribution in [0.1, 0.15) is 5.56 Å². The van der Waals surface area contributed by atoms with Crippen molar-refractivity contribution in [1.82, 2.24) is 4.90 Å². The largest absolute Gasteiger partial charge is 0.465 e. The fourth-order valence-electron chi connectivity index (χ4n) is 1.58. The van der Waals surface area contributed by atoms with Crippen LogP contribution in [0.4, 0.5) is 4.79 Å². The van der Waals surface area contributed by atoms with Gasteiger partial charge in [0.15, 0.2) is 5.37 Å². The monoisotopic (exact) mass is 238 g/mol. The molecule has 0 spiro atoms. The van der Waals surface area contributed by atoms with Gasteiger partial charge >= 0.3 is 6.09 Å². The Hall–Kier alpha value is -1.69. The number of nitrogens with zero attached hydrogens (tertiary/aromatic N) is 1. The lowest BCUT2D eigenvalue weighted by Gasteiger charge is -2.32. The third-order valence-corrected chi connectivity index (χ3v) is 3.69. The molecule has 3 N–H and O–H groups in total. The lowest BCUT2D eigenvalue weighted by atomic mass is 10.2. The van der Waals surface area contributed by atoms with Crippen molar-refractivity contribution in [3.05, 3.63) is 29.8 Å². The van der Waals surface area contributed by atoms with Crippen molar-refractivity contribution in [2.45, 2.75) is 16.8 Å². The van der Waals surface area contributed by atoms with Gasteiger partial charge < -0.3 is 10.8 Å². The van der Waals surface area contributed by atoms with Crippen molar-refractivity contribution in [2.75, 3.05) is 0 Å². The van der Waals surface area contributed by atoms with E-state index in [-0.39, 0.29) is 6.54 Å². The van der Waals surface area contributed by atoms with Crippen molar-refractivity contribution >= 4 is 23.8 Å². The molecule has 0 saturated heterocycles. The molecule has 84 valence electrons. The minimum Gasteiger partial charge on any atom is -0.465 e. The van der Waals surface area contributed by atoms with Crippen molar-refractivity contribution in [2.24, 2.45) is 5.73 Å². The molecular weight excluding hydrogens is 228 g/mol. The van der Waals surface area contributed by atoms with Gasteiger partial charge in [0.05, 0.1) is 6.54 Å². The van der Waals surface area contributed by atoms with E-state index in [1.54, 1.807) is 0 Å². The van der Waals surface area contributed by atoms with E-state index in [9.17, 15) is 9.59 Å². The third kappa shape index (κ3) is 1.83. The molecule has 6 heteroatoms. The fourth-order valence-corrected chi connectivity index (χ4v) is 2.67. The lowest BCUT2D eigenvalue weighted by molar-refractivity contribution is -0.120. The first-order valence-electron chi connectivity index (χ1n) is 4.63. The summed E-state index contributed by atoms with van der Waals surface area (Å²) in [6.45, 7) is 0.201. The van der Waals surface area contributed by atoms with Crippen LogP contribution in [0.2, 0.25) is 0 Å². The molecule has 1 aliphatic rings. The van der Waals surface area contributed by atoms with Gasteiger partial charge in [0.2, 0.25) is 0 Å². The molecule has 2 rings (SSSR count). The number of fused-ring (bicyclic) bond motifs is 1. The van der Waals surface area contributed by atoms with Crippen LogP contribution < -0.4 is 5.73 Å². The zero-order valence-corrected chi connectivity index (χ0v) is 9.11. The molecule has 1 aliphatic heterocycles. The molecule has 0 saturated carbocycles. The van der Waals surface area contributed by atoms with Crippen molar-refractivity contribution in [1.29, 1.82) is 0 Å². The van der Waals surface area contributed by atoms with E-state index in [0.717, 1.165) is 15.4 Å². The second-order valence-corrected chi connectivity index (χ2v) is 4.51. The summed E-state index contributed by atoms with van der Waals surface area (Å²) in [5.41, 5.74) is 6.08. The number of carbonyl (C=O) groups is 2. The molecule has 0 aromatic heterocycles. The van der Waals surface area contributed by atoms with Crippen LogP contribution >= 0.6 is 11.8 Å². The SMILES string of the molecule is NC(=O)C1Sc2ccccc2CN1C(=O)O. The third-order valence-electron chi connectivity index (χ3n) is 2.32. The van der Waals surface area contributed by atoms with Crippen LogP contribution in [0.5, 0.6) is 0 Å². The van der Waals surface area contributed by atoms with E-state index in [2.05, 4.69) is 0 Å². The lowest BCUT2D eigenvalue weighted by Crippen LogP contribution is -2.46.